The summed E-state index contributed by atoms with van der Waals surface area (Å²) in [6.07, 6.45) is 0. The van der Waals surface area contributed by atoms with E-state index >= 15 is 0 Å². The summed E-state index contributed by atoms with van der Waals surface area (Å²) in [6, 6.07) is 14.6. The molecule has 0 saturated heterocycles. The molecule has 0 bridgehead atoms. The fourth-order valence-electron chi connectivity index (χ4n) is 3.48. The molecule has 0 saturated carbocycles. The summed E-state index contributed by atoms with van der Waals surface area (Å²) in [5.41, 5.74) is 2.16. The molecule has 2 aromatic heterocycles. The number of carbonyl (C=O) groups is 1. The quantitative estimate of drug-likeness (QED) is 0.345. The van der Waals surface area contributed by atoms with Crippen molar-refractivity contribution >= 4 is 44.9 Å². The Bertz CT molecular complexity index is 1400. The highest BCUT2D eigenvalue weighted by atomic mass is 32.2. The number of ether oxygens (including phenoxy) is 2. The number of aryl methyl sites for hydroxylation is 2. The fraction of sp³-hybridized carbons (Fsp3) is 0.174. The summed E-state index contributed by atoms with van der Waals surface area (Å²) in [6.45, 7) is 4.10. The number of amides is 1. The van der Waals surface area contributed by atoms with Gasteiger partial charge >= 0.3 is 0 Å². The Balaban J connectivity index is 1.44. The highest BCUT2D eigenvalue weighted by Gasteiger charge is 2.19. The topological polar surface area (TPSA) is 82.4 Å². The van der Waals surface area contributed by atoms with Crippen LogP contribution in [-0.2, 0) is 4.79 Å². The zero-order valence-electron chi connectivity index (χ0n) is 17.4. The first-order valence-electron chi connectivity index (χ1n) is 9.92. The average Bonchev–Trinajstić information content (AvgIpc) is 3.36. The highest BCUT2D eigenvalue weighted by Crippen LogP contribution is 2.34. The van der Waals surface area contributed by atoms with E-state index in [0.717, 1.165) is 10.4 Å². The second kappa shape index (κ2) is 8.33. The first kappa shape index (κ1) is 20.6. The van der Waals surface area contributed by atoms with Crippen molar-refractivity contribution in [1.29, 1.82) is 0 Å². The lowest BCUT2D eigenvalue weighted by atomic mass is 10.2. The van der Waals surface area contributed by atoms with Gasteiger partial charge in [0.25, 0.3) is 5.56 Å². The van der Waals surface area contributed by atoms with Crippen molar-refractivity contribution in [2.75, 3.05) is 17.9 Å². The van der Waals surface area contributed by atoms with E-state index in [1.54, 1.807) is 22.8 Å². The number of hydrogen-bond acceptors (Lipinski definition) is 7. The maximum absolute atomic E-state index is 13.4. The van der Waals surface area contributed by atoms with Gasteiger partial charge in [0.1, 0.15) is 4.83 Å². The molecule has 4 aromatic rings. The molecule has 162 valence electrons. The number of nitrogens with zero attached hydrogens (tertiary/aromatic N) is 2. The normalized spacial score (nSPS) is 12.3. The van der Waals surface area contributed by atoms with Crippen molar-refractivity contribution in [3.8, 4) is 17.2 Å². The van der Waals surface area contributed by atoms with Crippen molar-refractivity contribution in [2.24, 2.45) is 0 Å². The summed E-state index contributed by atoms with van der Waals surface area (Å²) >= 11 is 2.72. The van der Waals surface area contributed by atoms with Crippen molar-refractivity contribution in [1.82, 2.24) is 9.55 Å². The molecule has 1 amide bonds. The van der Waals surface area contributed by atoms with Crippen LogP contribution in [0.5, 0.6) is 11.5 Å². The number of thioether (sulfide) groups is 1. The van der Waals surface area contributed by atoms with Crippen LogP contribution in [-0.4, -0.2) is 28.0 Å². The zero-order valence-corrected chi connectivity index (χ0v) is 19.0. The molecular formula is C23H19N3O4S2. The van der Waals surface area contributed by atoms with Gasteiger partial charge in [-0.1, -0.05) is 30.0 Å². The summed E-state index contributed by atoms with van der Waals surface area (Å²) in [7, 11) is 0. The summed E-state index contributed by atoms with van der Waals surface area (Å²) in [4.78, 5) is 32.5. The van der Waals surface area contributed by atoms with E-state index in [-0.39, 0.29) is 24.0 Å². The van der Waals surface area contributed by atoms with E-state index < -0.39 is 0 Å². The third kappa shape index (κ3) is 3.74. The van der Waals surface area contributed by atoms with Gasteiger partial charge in [0.2, 0.25) is 12.7 Å². The first-order valence-corrected chi connectivity index (χ1v) is 11.7. The van der Waals surface area contributed by atoms with Gasteiger partial charge < -0.3 is 14.8 Å². The molecule has 1 aliphatic rings. The fourth-order valence-corrected chi connectivity index (χ4v) is 5.36. The Hall–Kier alpha value is -3.30. The van der Waals surface area contributed by atoms with Gasteiger partial charge in [-0.3, -0.25) is 14.2 Å². The predicted molar refractivity (Wildman–Crippen MR) is 127 cm³/mol. The lowest BCUT2D eigenvalue weighted by molar-refractivity contribution is -0.113. The number of aromatic nitrogens is 2. The number of carbonyl (C=O) groups excluding carboxylic acids is 1. The smallest absolute Gasteiger partial charge is 0.267 e. The Labute approximate surface area is 192 Å². The highest BCUT2D eigenvalue weighted by molar-refractivity contribution is 7.99. The Kier molecular flexibility index (Phi) is 5.36. The van der Waals surface area contributed by atoms with Crippen LogP contribution in [0.25, 0.3) is 15.9 Å². The number of fused-ring (bicyclic) bond motifs is 2. The molecule has 0 unspecified atom stereocenters. The number of benzene rings is 2. The summed E-state index contributed by atoms with van der Waals surface area (Å²) in [5.74, 6) is 1.15. The summed E-state index contributed by atoms with van der Waals surface area (Å²) in [5, 5.41) is 3.97. The SMILES string of the molecule is Cc1sc2nc(SCC(=O)Nc3ccc4c(c3)OCO4)n(-c3ccccc3)c(=O)c2c1C. The minimum atomic E-state index is -0.207. The molecule has 9 heteroatoms. The maximum Gasteiger partial charge on any atom is 0.267 e. The van der Waals surface area contributed by atoms with Gasteiger partial charge in [0.15, 0.2) is 16.7 Å². The Morgan fingerprint density at radius 1 is 1.16 bits per heavy atom. The molecule has 1 N–H and O–H groups in total. The molecule has 1 aliphatic heterocycles. The third-order valence-corrected chi connectivity index (χ3v) is 7.21. The predicted octanol–water partition coefficient (Wildman–Crippen LogP) is 4.52. The molecule has 0 spiro atoms. The van der Waals surface area contributed by atoms with Crippen LogP contribution in [0.4, 0.5) is 5.69 Å². The lowest BCUT2D eigenvalue weighted by Gasteiger charge is -2.12. The first-order chi connectivity index (χ1) is 15.5. The maximum atomic E-state index is 13.4. The monoisotopic (exact) mass is 465 g/mol. The molecule has 7 nitrogen and oxygen atoms in total. The van der Waals surface area contributed by atoms with Gasteiger partial charge in [-0.05, 0) is 43.7 Å². The zero-order chi connectivity index (χ0) is 22.2. The number of hydrogen-bond donors (Lipinski definition) is 1. The molecule has 0 aliphatic carbocycles. The van der Waals surface area contributed by atoms with Crippen molar-refractivity contribution in [3.63, 3.8) is 0 Å². The second-order valence-corrected chi connectivity index (χ2v) is 9.38. The van der Waals surface area contributed by atoms with Gasteiger partial charge in [-0.25, -0.2) is 4.98 Å². The van der Waals surface area contributed by atoms with Crippen molar-refractivity contribution < 1.29 is 14.3 Å². The van der Waals surface area contributed by atoms with Gasteiger partial charge in [-0.2, -0.15) is 0 Å². The Morgan fingerprint density at radius 3 is 2.75 bits per heavy atom. The molecule has 0 fully saturated rings. The molecule has 32 heavy (non-hydrogen) atoms. The standard InChI is InChI=1S/C23H19N3O4S2/c1-13-14(2)32-21-20(13)22(28)26(16-6-4-3-5-7-16)23(25-21)31-11-19(27)24-15-8-9-17-18(10-15)30-12-29-17/h3-10H,11-12H2,1-2H3,(H,24,27). The van der Waals surface area contributed by atoms with Crippen molar-refractivity contribution in [2.45, 2.75) is 19.0 Å². The van der Waals surface area contributed by atoms with Crippen LogP contribution in [0.15, 0.2) is 58.5 Å². The third-order valence-electron chi connectivity index (χ3n) is 5.18. The second-order valence-electron chi connectivity index (χ2n) is 7.24. The van der Waals surface area contributed by atoms with E-state index in [9.17, 15) is 9.59 Å². The molecule has 5 rings (SSSR count). The molecule has 2 aromatic carbocycles. The number of rotatable bonds is 5. The minimum Gasteiger partial charge on any atom is -0.454 e. The summed E-state index contributed by atoms with van der Waals surface area (Å²) < 4.78 is 12.2. The number of para-hydroxylation sites is 1. The van der Waals surface area contributed by atoms with Crippen LogP contribution in [0, 0.1) is 13.8 Å². The number of nitrogens with one attached hydrogen (secondary N) is 1. The van der Waals surface area contributed by atoms with E-state index in [2.05, 4.69) is 5.32 Å². The number of anilines is 1. The van der Waals surface area contributed by atoms with Crippen LogP contribution in [0.2, 0.25) is 0 Å². The van der Waals surface area contributed by atoms with Gasteiger partial charge in [-0.15, -0.1) is 11.3 Å². The lowest BCUT2D eigenvalue weighted by Crippen LogP contribution is -2.22. The van der Waals surface area contributed by atoms with E-state index in [0.29, 0.717) is 38.2 Å². The largest absolute Gasteiger partial charge is 0.454 e. The molecule has 0 atom stereocenters. The van der Waals surface area contributed by atoms with E-state index in [1.165, 1.54) is 23.1 Å². The minimum absolute atomic E-state index is 0.0998. The van der Waals surface area contributed by atoms with Crippen molar-refractivity contribution in [3.05, 3.63) is 69.3 Å². The molecule has 0 radical (unpaired) electrons. The van der Waals surface area contributed by atoms with Crippen LogP contribution in [0.3, 0.4) is 0 Å². The van der Waals surface area contributed by atoms with E-state index in [4.69, 9.17) is 14.5 Å². The molecule has 3 heterocycles. The Morgan fingerprint density at radius 2 is 1.94 bits per heavy atom. The molecular weight excluding hydrogens is 446 g/mol. The van der Waals surface area contributed by atoms with E-state index in [1.807, 2.05) is 44.2 Å². The average molecular weight is 466 g/mol. The van der Waals surface area contributed by atoms with Gasteiger partial charge in [0.05, 0.1) is 16.8 Å². The van der Waals surface area contributed by atoms with Gasteiger partial charge in [0, 0.05) is 16.6 Å². The number of thiophene rings is 1. The van der Waals surface area contributed by atoms with Crippen LogP contribution < -0.4 is 20.3 Å². The van der Waals surface area contributed by atoms with Crippen LogP contribution in [0.1, 0.15) is 10.4 Å². The van der Waals surface area contributed by atoms with Crippen LogP contribution >= 0.6 is 23.1 Å².